The van der Waals surface area contributed by atoms with Gasteiger partial charge in [-0.15, -0.1) is 0 Å². The summed E-state index contributed by atoms with van der Waals surface area (Å²) in [4.78, 5) is 38.4. The maximum atomic E-state index is 12.9. The highest BCUT2D eigenvalue weighted by atomic mass is 16.6. The lowest BCUT2D eigenvalue weighted by Crippen LogP contribution is -2.30. The fraction of sp³-hybridized carbons (Fsp3) is 0.693. The van der Waals surface area contributed by atoms with Crippen molar-refractivity contribution in [3.8, 4) is 0 Å². The molecule has 0 aliphatic heterocycles. The van der Waals surface area contributed by atoms with Gasteiger partial charge in [0.2, 0.25) is 0 Å². The normalized spacial score (nSPS) is 12.9. The average Bonchev–Trinajstić information content (AvgIpc) is 3.47. The van der Waals surface area contributed by atoms with Crippen molar-refractivity contribution in [1.82, 2.24) is 0 Å². The van der Waals surface area contributed by atoms with Gasteiger partial charge in [0.1, 0.15) is 13.2 Å². The quantitative estimate of drug-likeness (QED) is 0.0261. The number of rotatable bonds is 61. The molecule has 0 aliphatic rings. The predicted molar refractivity (Wildman–Crippen MR) is 353 cm³/mol. The first-order valence-electron chi connectivity index (χ1n) is 34.0. The SMILES string of the molecule is CC/C=C\C/C=C\C/C=C\C/C=C\CCCCCCCCCCCCCCCCCCC(=O)OCC(COC(=O)CCCCCCC/C=C\C/C=C\CCCCC)OC(=O)CCCCCCCC/C=C\C/C=C\C/C=C\C/C=C\CC. The van der Waals surface area contributed by atoms with Gasteiger partial charge in [0.05, 0.1) is 0 Å². The third-order valence-electron chi connectivity index (χ3n) is 14.4. The van der Waals surface area contributed by atoms with E-state index in [1.807, 2.05) is 0 Å². The first-order valence-corrected chi connectivity index (χ1v) is 34.0. The Hall–Kier alpha value is -4.19. The van der Waals surface area contributed by atoms with E-state index in [1.54, 1.807) is 0 Å². The smallest absolute Gasteiger partial charge is 0.306 e. The minimum absolute atomic E-state index is 0.0887. The van der Waals surface area contributed by atoms with E-state index < -0.39 is 6.10 Å². The Bertz CT molecular complexity index is 1670. The Balaban J connectivity index is 4.31. The van der Waals surface area contributed by atoms with Gasteiger partial charge in [0, 0.05) is 19.3 Å². The van der Waals surface area contributed by atoms with Crippen LogP contribution < -0.4 is 0 Å². The van der Waals surface area contributed by atoms with Crippen molar-refractivity contribution >= 4 is 17.9 Å². The summed E-state index contributed by atoms with van der Waals surface area (Å²) in [6.07, 6.45) is 95.0. The van der Waals surface area contributed by atoms with Crippen LogP contribution >= 0.6 is 0 Å². The summed E-state index contributed by atoms with van der Waals surface area (Å²) in [5.74, 6) is -0.908. The molecule has 0 amide bonds. The van der Waals surface area contributed by atoms with Gasteiger partial charge < -0.3 is 14.2 Å². The molecule has 0 aliphatic carbocycles. The number of carbonyl (C=O) groups excluding carboxylic acids is 3. The molecule has 0 heterocycles. The van der Waals surface area contributed by atoms with E-state index in [1.165, 1.54) is 128 Å². The van der Waals surface area contributed by atoms with E-state index in [2.05, 4.69) is 142 Å². The van der Waals surface area contributed by atoms with Crippen LogP contribution in [0.25, 0.3) is 0 Å². The molecule has 0 aromatic rings. The lowest BCUT2D eigenvalue weighted by Gasteiger charge is -2.18. The lowest BCUT2D eigenvalue weighted by molar-refractivity contribution is -0.167. The van der Waals surface area contributed by atoms with Crippen molar-refractivity contribution < 1.29 is 28.6 Å². The zero-order valence-electron chi connectivity index (χ0n) is 53.0. The van der Waals surface area contributed by atoms with Crippen LogP contribution in [-0.2, 0) is 28.6 Å². The number of allylic oxidation sites excluding steroid dienone is 20. The Kier molecular flexibility index (Phi) is 64.8. The summed E-state index contributed by atoms with van der Waals surface area (Å²) in [5, 5.41) is 0. The van der Waals surface area contributed by atoms with Crippen LogP contribution in [0.1, 0.15) is 316 Å². The van der Waals surface area contributed by atoms with Gasteiger partial charge in [-0.3, -0.25) is 14.4 Å². The molecule has 0 fully saturated rings. The Morgan fingerprint density at radius 2 is 0.481 bits per heavy atom. The molecule has 1 unspecified atom stereocenters. The number of carbonyl (C=O) groups is 3. The zero-order valence-corrected chi connectivity index (χ0v) is 53.0. The van der Waals surface area contributed by atoms with Gasteiger partial charge in [-0.05, 0) is 128 Å². The monoisotopic (exact) mass is 1120 g/mol. The van der Waals surface area contributed by atoms with Crippen molar-refractivity contribution in [3.05, 3.63) is 122 Å². The average molecular weight is 1120 g/mol. The van der Waals surface area contributed by atoms with Crippen molar-refractivity contribution in [3.63, 3.8) is 0 Å². The number of esters is 3. The number of hydrogen-bond acceptors (Lipinski definition) is 6. The second kappa shape index (κ2) is 68.3. The van der Waals surface area contributed by atoms with Crippen LogP contribution in [0.5, 0.6) is 0 Å². The third-order valence-corrected chi connectivity index (χ3v) is 14.4. The second-order valence-electron chi connectivity index (χ2n) is 22.3. The van der Waals surface area contributed by atoms with Gasteiger partial charge in [-0.1, -0.05) is 290 Å². The summed E-state index contributed by atoms with van der Waals surface area (Å²) in [6, 6.07) is 0. The van der Waals surface area contributed by atoms with E-state index in [9.17, 15) is 14.4 Å². The van der Waals surface area contributed by atoms with Crippen LogP contribution in [0, 0.1) is 0 Å². The van der Waals surface area contributed by atoms with Crippen LogP contribution in [0.3, 0.4) is 0 Å². The summed E-state index contributed by atoms with van der Waals surface area (Å²) in [7, 11) is 0. The molecule has 0 spiro atoms. The number of hydrogen-bond donors (Lipinski definition) is 0. The van der Waals surface area contributed by atoms with E-state index >= 15 is 0 Å². The number of ether oxygens (including phenoxy) is 3. The highest BCUT2D eigenvalue weighted by molar-refractivity contribution is 5.71. The van der Waals surface area contributed by atoms with Crippen LogP contribution in [-0.4, -0.2) is 37.2 Å². The standard InChI is InChI=1S/C75H126O6/c1-4-7-10-13-16-19-22-25-28-30-32-33-34-35-36-37-38-39-40-41-43-44-47-50-53-56-59-62-65-68-74(77)80-71-72(70-79-73(76)67-64-61-58-55-52-49-46-27-24-21-18-15-12-9-6-3)81-75(78)69-66-63-60-57-54-51-48-45-42-31-29-26-23-20-17-14-11-8-5-2/h7-8,10-11,16-21,25-29,32-33,42,45-46,72H,4-6,9,12-15,22-24,30-31,34-41,43-44,47-71H2,1-3H3/b10-7-,11-8-,19-16-,20-17-,21-18-,28-25-,29-26-,33-32-,45-42-,46-27-. The topological polar surface area (TPSA) is 78.9 Å². The van der Waals surface area contributed by atoms with Gasteiger partial charge >= 0.3 is 17.9 Å². The Morgan fingerprint density at radius 1 is 0.259 bits per heavy atom. The summed E-state index contributed by atoms with van der Waals surface area (Å²) >= 11 is 0. The van der Waals surface area contributed by atoms with Gasteiger partial charge in [-0.25, -0.2) is 0 Å². The molecule has 0 N–H and O–H groups in total. The lowest BCUT2D eigenvalue weighted by atomic mass is 10.0. The van der Waals surface area contributed by atoms with Gasteiger partial charge in [0.15, 0.2) is 6.10 Å². The van der Waals surface area contributed by atoms with Crippen LogP contribution in [0.15, 0.2) is 122 Å². The van der Waals surface area contributed by atoms with Crippen molar-refractivity contribution in [2.24, 2.45) is 0 Å². The van der Waals surface area contributed by atoms with Gasteiger partial charge in [0.25, 0.3) is 0 Å². The molecule has 0 radical (unpaired) electrons. The molecule has 6 heteroatoms. The molecular weight excluding hydrogens is 997 g/mol. The van der Waals surface area contributed by atoms with Crippen LogP contribution in [0.4, 0.5) is 0 Å². The largest absolute Gasteiger partial charge is 0.462 e. The van der Waals surface area contributed by atoms with Crippen LogP contribution in [0.2, 0.25) is 0 Å². The minimum atomic E-state index is -0.795. The molecule has 0 aromatic heterocycles. The zero-order chi connectivity index (χ0) is 58.5. The first-order chi connectivity index (χ1) is 40.0. The van der Waals surface area contributed by atoms with Crippen molar-refractivity contribution in [1.29, 1.82) is 0 Å². The maximum Gasteiger partial charge on any atom is 0.306 e. The summed E-state index contributed by atoms with van der Waals surface area (Å²) < 4.78 is 16.9. The third kappa shape index (κ3) is 66.5. The fourth-order valence-electron chi connectivity index (χ4n) is 9.40. The molecule has 6 nitrogen and oxygen atoms in total. The Labute approximate surface area is 501 Å². The predicted octanol–water partition coefficient (Wildman–Crippen LogP) is 23.6. The first kappa shape index (κ1) is 76.8. The summed E-state index contributed by atoms with van der Waals surface area (Å²) in [5.41, 5.74) is 0. The highest BCUT2D eigenvalue weighted by Crippen LogP contribution is 2.17. The van der Waals surface area contributed by atoms with Crippen molar-refractivity contribution in [2.75, 3.05) is 13.2 Å². The van der Waals surface area contributed by atoms with E-state index in [-0.39, 0.29) is 31.1 Å². The molecule has 0 saturated heterocycles. The highest BCUT2D eigenvalue weighted by Gasteiger charge is 2.19. The maximum absolute atomic E-state index is 12.9. The minimum Gasteiger partial charge on any atom is -0.462 e. The summed E-state index contributed by atoms with van der Waals surface area (Å²) in [6.45, 7) is 6.39. The molecule has 0 aromatic carbocycles. The molecule has 81 heavy (non-hydrogen) atoms. The Morgan fingerprint density at radius 3 is 0.753 bits per heavy atom. The molecular formula is C75H126O6. The fourth-order valence-corrected chi connectivity index (χ4v) is 9.40. The molecule has 1 atom stereocenters. The number of unbranched alkanes of at least 4 members (excludes halogenated alkanes) is 30. The molecule has 0 saturated carbocycles. The van der Waals surface area contributed by atoms with E-state index in [0.29, 0.717) is 19.3 Å². The van der Waals surface area contributed by atoms with Crippen molar-refractivity contribution in [2.45, 2.75) is 322 Å². The molecule has 0 bridgehead atoms. The second-order valence-corrected chi connectivity index (χ2v) is 22.3. The molecule has 0 rings (SSSR count). The van der Waals surface area contributed by atoms with E-state index in [0.717, 1.165) is 148 Å². The van der Waals surface area contributed by atoms with E-state index in [4.69, 9.17) is 14.2 Å². The van der Waals surface area contributed by atoms with Gasteiger partial charge in [-0.2, -0.15) is 0 Å². The molecule has 462 valence electrons.